The normalized spacial score (nSPS) is 12.4. The Morgan fingerprint density at radius 3 is 2.75 bits per heavy atom. The molecule has 0 saturated carbocycles. The van der Waals surface area contributed by atoms with Gasteiger partial charge >= 0.3 is 0 Å². The fourth-order valence-electron chi connectivity index (χ4n) is 1.47. The fourth-order valence-corrected chi connectivity index (χ4v) is 1.89. The largest absolute Gasteiger partial charge is 0.330 e. The average molecular weight is 284 g/mol. The molecule has 0 fully saturated rings. The first-order chi connectivity index (χ1) is 7.63. The van der Waals surface area contributed by atoms with Gasteiger partial charge in [0.15, 0.2) is 0 Å². The van der Waals surface area contributed by atoms with E-state index in [2.05, 4.69) is 22.9 Å². The quantitative estimate of drug-likeness (QED) is 0.872. The molecule has 0 radical (unpaired) electrons. The summed E-state index contributed by atoms with van der Waals surface area (Å²) in [5.74, 6) is 0.718. The van der Waals surface area contributed by atoms with Crippen molar-refractivity contribution in [3.63, 3.8) is 0 Å². The summed E-state index contributed by atoms with van der Waals surface area (Å²) in [6, 6.07) is 7.85. The van der Waals surface area contributed by atoms with Gasteiger partial charge in [0.25, 0.3) is 0 Å². The van der Waals surface area contributed by atoms with Gasteiger partial charge in [0, 0.05) is 17.3 Å². The molecule has 0 saturated heterocycles. The molecule has 1 unspecified atom stereocenters. The molecule has 16 heavy (non-hydrogen) atoms. The van der Waals surface area contributed by atoms with Crippen LogP contribution in [0.3, 0.4) is 0 Å². The number of halogens is 1. The van der Waals surface area contributed by atoms with Gasteiger partial charge in [-0.25, -0.2) is 0 Å². The van der Waals surface area contributed by atoms with Crippen molar-refractivity contribution in [1.82, 2.24) is 0 Å². The zero-order valence-electron chi connectivity index (χ0n) is 9.58. The summed E-state index contributed by atoms with van der Waals surface area (Å²) in [4.78, 5) is 11.7. The second-order valence-electron chi connectivity index (χ2n) is 4.19. The Bertz CT molecular complexity index is 352. The fraction of sp³-hybridized carbons (Fsp3) is 0.462. The van der Waals surface area contributed by atoms with Gasteiger partial charge in [0.05, 0.1) is 0 Å². The number of rotatable bonds is 6. The summed E-state index contributed by atoms with van der Waals surface area (Å²) in [7, 11) is 0. The molecule has 0 aromatic heterocycles. The summed E-state index contributed by atoms with van der Waals surface area (Å²) in [6.45, 7) is 2.73. The molecule has 1 aromatic rings. The van der Waals surface area contributed by atoms with Crippen molar-refractivity contribution in [2.45, 2.75) is 26.2 Å². The lowest BCUT2D eigenvalue weighted by molar-refractivity contribution is -0.118. The average Bonchev–Trinajstić information content (AvgIpc) is 2.29. The summed E-state index contributed by atoms with van der Waals surface area (Å²) < 4.78 is 1.01. The minimum atomic E-state index is 0.284. The third-order valence-electron chi connectivity index (χ3n) is 2.66. The zero-order chi connectivity index (χ0) is 12.0. The van der Waals surface area contributed by atoms with Crippen LogP contribution in [0.25, 0.3) is 0 Å². The lowest BCUT2D eigenvalue weighted by Crippen LogP contribution is -2.13. The molecule has 88 valence electrons. The van der Waals surface area contributed by atoms with E-state index in [1.54, 1.807) is 0 Å². The van der Waals surface area contributed by atoms with Crippen molar-refractivity contribution in [2.24, 2.45) is 11.7 Å². The van der Waals surface area contributed by atoms with Crippen LogP contribution in [0.2, 0.25) is 0 Å². The number of nitrogens with two attached hydrogens (primary N) is 1. The molecule has 2 nitrogen and oxygen atoms in total. The summed E-state index contributed by atoms with van der Waals surface area (Å²) in [6.07, 6.45) is 2.03. The van der Waals surface area contributed by atoms with Crippen LogP contribution in [0, 0.1) is 5.92 Å². The molecule has 0 bridgehead atoms. The predicted octanol–water partition coefficient (Wildman–Crippen LogP) is 2.94. The van der Waals surface area contributed by atoms with Crippen LogP contribution in [-0.4, -0.2) is 12.3 Å². The van der Waals surface area contributed by atoms with Crippen molar-refractivity contribution >= 4 is 21.7 Å². The molecule has 0 aliphatic heterocycles. The van der Waals surface area contributed by atoms with Crippen molar-refractivity contribution in [3.8, 4) is 0 Å². The van der Waals surface area contributed by atoms with Crippen LogP contribution in [0.1, 0.15) is 25.3 Å². The number of Topliss-reactive ketones (excluding diaryl/α,β-unsaturated/α-hetero) is 1. The Kier molecular flexibility index (Phi) is 5.71. The Hall–Kier alpha value is -0.670. The third kappa shape index (κ3) is 4.45. The van der Waals surface area contributed by atoms with Gasteiger partial charge in [-0.1, -0.05) is 41.1 Å². The highest BCUT2D eigenvalue weighted by Gasteiger charge is 2.08. The smallest absolute Gasteiger partial charge is 0.137 e. The Morgan fingerprint density at radius 2 is 2.12 bits per heavy atom. The van der Waals surface area contributed by atoms with Gasteiger partial charge in [-0.3, -0.25) is 4.79 Å². The van der Waals surface area contributed by atoms with E-state index >= 15 is 0 Å². The van der Waals surface area contributed by atoms with E-state index in [4.69, 9.17) is 5.73 Å². The number of carbonyl (C=O) groups is 1. The summed E-state index contributed by atoms with van der Waals surface area (Å²) >= 11 is 3.45. The lowest BCUT2D eigenvalue weighted by Gasteiger charge is -2.07. The molecule has 2 N–H and O–H groups in total. The summed E-state index contributed by atoms with van der Waals surface area (Å²) in [5.41, 5.74) is 6.58. The lowest BCUT2D eigenvalue weighted by atomic mass is 10.0. The second-order valence-corrected chi connectivity index (χ2v) is 5.04. The van der Waals surface area contributed by atoms with E-state index in [-0.39, 0.29) is 5.78 Å². The SMILES string of the molecule is CC(CN)CCC(=O)Cc1ccccc1Br. The number of hydrogen-bond donors (Lipinski definition) is 1. The van der Waals surface area contributed by atoms with Gasteiger partial charge < -0.3 is 5.73 Å². The first kappa shape index (κ1) is 13.4. The monoisotopic (exact) mass is 283 g/mol. The van der Waals surface area contributed by atoms with E-state index in [0.29, 0.717) is 25.3 Å². The molecular weight excluding hydrogens is 266 g/mol. The Morgan fingerprint density at radius 1 is 1.44 bits per heavy atom. The number of ketones is 1. The van der Waals surface area contributed by atoms with E-state index in [1.807, 2.05) is 24.3 Å². The standard InChI is InChI=1S/C13H18BrNO/c1-10(9-15)6-7-12(16)8-11-4-2-3-5-13(11)14/h2-5,10H,6-9,15H2,1H3. The van der Waals surface area contributed by atoms with Crippen molar-refractivity contribution < 1.29 is 4.79 Å². The molecule has 1 rings (SSSR count). The van der Waals surface area contributed by atoms with Crippen LogP contribution in [0.5, 0.6) is 0 Å². The Labute approximate surface area is 105 Å². The molecule has 0 aliphatic carbocycles. The molecule has 0 aliphatic rings. The van der Waals surface area contributed by atoms with Crippen LogP contribution in [0.15, 0.2) is 28.7 Å². The van der Waals surface area contributed by atoms with Crippen molar-refractivity contribution in [1.29, 1.82) is 0 Å². The molecule has 0 spiro atoms. The van der Waals surface area contributed by atoms with Crippen LogP contribution in [0.4, 0.5) is 0 Å². The van der Waals surface area contributed by atoms with Crippen LogP contribution >= 0.6 is 15.9 Å². The van der Waals surface area contributed by atoms with Crippen LogP contribution < -0.4 is 5.73 Å². The highest BCUT2D eigenvalue weighted by molar-refractivity contribution is 9.10. The molecule has 1 atom stereocenters. The minimum Gasteiger partial charge on any atom is -0.330 e. The van der Waals surface area contributed by atoms with Gasteiger partial charge in [0.2, 0.25) is 0 Å². The third-order valence-corrected chi connectivity index (χ3v) is 3.44. The minimum absolute atomic E-state index is 0.284. The van der Waals surface area contributed by atoms with Crippen molar-refractivity contribution in [2.75, 3.05) is 6.54 Å². The predicted molar refractivity (Wildman–Crippen MR) is 70.3 cm³/mol. The number of carbonyl (C=O) groups excluding carboxylic acids is 1. The van der Waals surface area contributed by atoms with E-state index in [1.165, 1.54) is 0 Å². The zero-order valence-corrected chi connectivity index (χ0v) is 11.2. The van der Waals surface area contributed by atoms with Crippen molar-refractivity contribution in [3.05, 3.63) is 34.3 Å². The molecule has 0 amide bonds. The van der Waals surface area contributed by atoms with E-state index < -0.39 is 0 Å². The Balaban J connectivity index is 2.43. The number of benzene rings is 1. The topological polar surface area (TPSA) is 43.1 Å². The maximum absolute atomic E-state index is 11.7. The molecule has 1 aromatic carbocycles. The molecular formula is C13H18BrNO. The highest BCUT2D eigenvalue weighted by atomic mass is 79.9. The first-order valence-corrected chi connectivity index (χ1v) is 6.38. The maximum atomic E-state index is 11.7. The van der Waals surface area contributed by atoms with Gasteiger partial charge in [0.1, 0.15) is 5.78 Å². The van der Waals surface area contributed by atoms with Gasteiger partial charge in [-0.15, -0.1) is 0 Å². The van der Waals surface area contributed by atoms with Gasteiger partial charge in [-0.05, 0) is 30.5 Å². The summed E-state index contributed by atoms with van der Waals surface area (Å²) in [5, 5.41) is 0. The molecule has 0 heterocycles. The maximum Gasteiger partial charge on any atom is 0.137 e. The van der Waals surface area contributed by atoms with Gasteiger partial charge in [-0.2, -0.15) is 0 Å². The number of hydrogen-bond acceptors (Lipinski definition) is 2. The molecule has 3 heteroatoms. The van der Waals surface area contributed by atoms with E-state index in [9.17, 15) is 4.79 Å². The van der Waals surface area contributed by atoms with E-state index in [0.717, 1.165) is 16.5 Å². The second kappa shape index (κ2) is 6.81. The van der Waals surface area contributed by atoms with Crippen LogP contribution in [-0.2, 0) is 11.2 Å². The first-order valence-electron chi connectivity index (χ1n) is 5.58. The highest BCUT2D eigenvalue weighted by Crippen LogP contribution is 2.17.